The molecule has 0 saturated carbocycles. The molecule has 0 unspecified atom stereocenters. The van der Waals surface area contributed by atoms with Gasteiger partial charge in [0.2, 0.25) is 12.7 Å². The SMILES string of the molecule is CN(CCC(=O)Nc1ccc2c(c1)OCO2)Cc1ccccc1N1CCCCC1. The second kappa shape index (κ2) is 9.18. The van der Waals surface area contributed by atoms with Gasteiger partial charge < -0.3 is 24.6 Å². The Bertz CT molecular complexity index is 849. The number of nitrogens with zero attached hydrogens (tertiary/aromatic N) is 2. The van der Waals surface area contributed by atoms with E-state index >= 15 is 0 Å². The van der Waals surface area contributed by atoms with E-state index in [1.54, 1.807) is 6.07 Å². The summed E-state index contributed by atoms with van der Waals surface area (Å²) >= 11 is 0. The van der Waals surface area contributed by atoms with Gasteiger partial charge in [-0.2, -0.15) is 0 Å². The predicted octanol–water partition coefficient (Wildman–Crippen LogP) is 3.87. The van der Waals surface area contributed by atoms with Crippen molar-refractivity contribution in [1.29, 1.82) is 0 Å². The molecular weight excluding hydrogens is 366 g/mol. The first kappa shape index (κ1) is 19.6. The van der Waals surface area contributed by atoms with Crippen LogP contribution in [0.1, 0.15) is 31.2 Å². The lowest BCUT2D eigenvalue weighted by atomic mass is 10.1. The zero-order valence-electron chi connectivity index (χ0n) is 17.0. The first-order chi connectivity index (χ1) is 14.2. The fourth-order valence-corrected chi connectivity index (χ4v) is 3.95. The average molecular weight is 396 g/mol. The molecule has 0 aromatic heterocycles. The fourth-order valence-electron chi connectivity index (χ4n) is 3.95. The molecule has 154 valence electrons. The van der Waals surface area contributed by atoms with E-state index in [-0.39, 0.29) is 12.7 Å². The smallest absolute Gasteiger partial charge is 0.231 e. The molecule has 0 bridgehead atoms. The number of amides is 1. The van der Waals surface area contributed by atoms with Gasteiger partial charge in [-0.25, -0.2) is 0 Å². The summed E-state index contributed by atoms with van der Waals surface area (Å²) in [7, 11) is 2.07. The Hall–Kier alpha value is -2.73. The van der Waals surface area contributed by atoms with Crippen LogP contribution >= 0.6 is 0 Å². The molecular formula is C23H29N3O3. The number of para-hydroxylation sites is 1. The third-order valence-electron chi connectivity index (χ3n) is 5.51. The van der Waals surface area contributed by atoms with E-state index in [9.17, 15) is 4.79 Å². The van der Waals surface area contributed by atoms with Gasteiger partial charge in [0.15, 0.2) is 11.5 Å². The van der Waals surface area contributed by atoms with Crippen molar-refractivity contribution in [3.8, 4) is 11.5 Å². The van der Waals surface area contributed by atoms with Crippen LogP contribution in [0, 0.1) is 0 Å². The zero-order chi connectivity index (χ0) is 20.1. The van der Waals surface area contributed by atoms with Gasteiger partial charge in [0, 0.05) is 50.0 Å². The molecule has 29 heavy (non-hydrogen) atoms. The number of piperidine rings is 1. The van der Waals surface area contributed by atoms with Gasteiger partial charge in [-0.05, 0) is 50.1 Å². The standard InChI is InChI=1S/C23H29N3O3/c1-25(16-18-7-3-4-8-20(18)26-12-5-2-6-13-26)14-11-23(27)24-19-9-10-21-22(15-19)29-17-28-21/h3-4,7-10,15H,2,5-6,11-14,16-17H2,1H3,(H,24,27). The first-order valence-electron chi connectivity index (χ1n) is 10.4. The van der Waals surface area contributed by atoms with E-state index in [0.29, 0.717) is 18.7 Å². The van der Waals surface area contributed by atoms with Gasteiger partial charge in [0.1, 0.15) is 0 Å². The number of carbonyl (C=O) groups excluding carboxylic acids is 1. The van der Waals surface area contributed by atoms with Crippen LogP contribution in [0.25, 0.3) is 0 Å². The Labute approximate surface area is 172 Å². The minimum atomic E-state index is 0.0000287. The van der Waals surface area contributed by atoms with E-state index < -0.39 is 0 Å². The summed E-state index contributed by atoms with van der Waals surface area (Å²) in [4.78, 5) is 17.1. The largest absolute Gasteiger partial charge is 0.454 e. The maximum atomic E-state index is 12.4. The molecule has 2 heterocycles. The molecule has 0 aliphatic carbocycles. The summed E-state index contributed by atoms with van der Waals surface area (Å²) in [6.45, 7) is 4.04. The summed E-state index contributed by atoms with van der Waals surface area (Å²) in [5, 5.41) is 2.94. The topological polar surface area (TPSA) is 54.0 Å². The van der Waals surface area contributed by atoms with Gasteiger partial charge in [-0.1, -0.05) is 18.2 Å². The maximum Gasteiger partial charge on any atom is 0.231 e. The van der Waals surface area contributed by atoms with Crippen LogP contribution in [0.5, 0.6) is 11.5 Å². The molecule has 2 aliphatic rings. The minimum absolute atomic E-state index is 0.0000287. The van der Waals surface area contributed by atoms with Crippen LogP contribution in [-0.4, -0.2) is 44.3 Å². The van der Waals surface area contributed by atoms with Gasteiger partial charge >= 0.3 is 0 Å². The minimum Gasteiger partial charge on any atom is -0.454 e. The van der Waals surface area contributed by atoms with Crippen LogP contribution in [0.3, 0.4) is 0 Å². The molecule has 1 amide bonds. The molecule has 4 rings (SSSR count). The number of rotatable bonds is 7. The van der Waals surface area contributed by atoms with Gasteiger partial charge in [-0.3, -0.25) is 4.79 Å². The number of anilines is 2. The number of hydrogen-bond donors (Lipinski definition) is 1. The highest BCUT2D eigenvalue weighted by atomic mass is 16.7. The van der Waals surface area contributed by atoms with Crippen molar-refractivity contribution in [3.05, 3.63) is 48.0 Å². The molecule has 1 saturated heterocycles. The molecule has 2 aliphatic heterocycles. The summed E-state index contributed by atoms with van der Waals surface area (Å²) in [6, 6.07) is 14.1. The van der Waals surface area contributed by atoms with Crippen molar-refractivity contribution in [2.75, 3.05) is 43.7 Å². The van der Waals surface area contributed by atoms with Crippen LogP contribution < -0.4 is 19.7 Å². The van der Waals surface area contributed by atoms with E-state index in [2.05, 4.69) is 46.4 Å². The summed E-state index contributed by atoms with van der Waals surface area (Å²) in [5.74, 6) is 1.39. The normalized spacial score (nSPS) is 15.6. The lowest BCUT2D eigenvalue weighted by Gasteiger charge is -2.31. The average Bonchev–Trinajstić information content (AvgIpc) is 3.21. The quantitative estimate of drug-likeness (QED) is 0.771. The number of fused-ring (bicyclic) bond motifs is 1. The Morgan fingerprint density at radius 3 is 2.72 bits per heavy atom. The number of nitrogens with one attached hydrogen (secondary N) is 1. The second-order valence-corrected chi connectivity index (χ2v) is 7.78. The van der Waals surface area contributed by atoms with Gasteiger partial charge in [0.05, 0.1) is 0 Å². The first-order valence-corrected chi connectivity index (χ1v) is 10.4. The van der Waals surface area contributed by atoms with Crippen LogP contribution in [0.2, 0.25) is 0 Å². The number of ether oxygens (including phenoxy) is 2. The van der Waals surface area contributed by atoms with Crippen molar-refractivity contribution in [2.45, 2.75) is 32.2 Å². The van der Waals surface area contributed by atoms with Crippen LogP contribution in [0.15, 0.2) is 42.5 Å². The lowest BCUT2D eigenvalue weighted by Crippen LogP contribution is -2.31. The molecule has 2 aromatic carbocycles. The van der Waals surface area contributed by atoms with E-state index in [0.717, 1.165) is 31.1 Å². The van der Waals surface area contributed by atoms with Crippen molar-refractivity contribution in [1.82, 2.24) is 4.90 Å². The Morgan fingerprint density at radius 2 is 1.86 bits per heavy atom. The Kier molecular flexibility index (Phi) is 6.20. The van der Waals surface area contributed by atoms with Crippen molar-refractivity contribution >= 4 is 17.3 Å². The highest BCUT2D eigenvalue weighted by Crippen LogP contribution is 2.34. The van der Waals surface area contributed by atoms with E-state index in [1.807, 2.05) is 12.1 Å². The third kappa shape index (κ3) is 5.01. The number of carbonyl (C=O) groups is 1. The zero-order valence-corrected chi connectivity index (χ0v) is 17.0. The summed E-state index contributed by atoms with van der Waals surface area (Å²) in [6.07, 6.45) is 4.31. The maximum absolute atomic E-state index is 12.4. The molecule has 0 radical (unpaired) electrons. The lowest BCUT2D eigenvalue weighted by molar-refractivity contribution is -0.116. The van der Waals surface area contributed by atoms with Crippen LogP contribution in [-0.2, 0) is 11.3 Å². The summed E-state index contributed by atoms with van der Waals surface area (Å²) in [5.41, 5.74) is 3.40. The summed E-state index contributed by atoms with van der Waals surface area (Å²) < 4.78 is 10.7. The Balaban J connectivity index is 1.29. The van der Waals surface area contributed by atoms with Crippen molar-refractivity contribution in [2.24, 2.45) is 0 Å². The third-order valence-corrected chi connectivity index (χ3v) is 5.51. The molecule has 0 spiro atoms. The Morgan fingerprint density at radius 1 is 1.07 bits per heavy atom. The van der Waals surface area contributed by atoms with Crippen molar-refractivity contribution < 1.29 is 14.3 Å². The molecule has 1 N–H and O–H groups in total. The molecule has 0 atom stereocenters. The fraction of sp³-hybridized carbons (Fsp3) is 0.435. The second-order valence-electron chi connectivity index (χ2n) is 7.78. The molecule has 6 heteroatoms. The van der Waals surface area contributed by atoms with Crippen molar-refractivity contribution in [3.63, 3.8) is 0 Å². The van der Waals surface area contributed by atoms with Gasteiger partial charge in [0.25, 0.3) is 0 Å². The molecule has 6 nitrogen and oxygen atoms in total. The molecule has 2 aromatic rings. The van der Waals surface area contributed by atoms with Gasteiger partial charge in [-0.15, -0.1) is 0 Å². The van der Waals surface area contributed by atoms with Crippen LogP contribution in [0.4, 0.5) is 11.4 Å². The predicted molar refractivity (Wildman–Crippen MR) is 115 cm³/mol. The monoisotopic (exact) mass is 395 g/mol. The van der Waals surface area contributed by atoms with E-state index in [1.165, 1.54) is 30.5 Å². The van der Waals surface area contributed by atoms with E-state index in [4.69, 9.17) is 9.47 Å². The molecule has 1 fully saturated rings. The number of hydrogen-bond acceptors (Lipinski definition) is 5. The number of benzene rings is 2. The highest BCUT2D eigenvalue weighted by molar-refractivity contribution is 5.91. The highest BCUT2D eigenvalue weighted by Gasteiger charge is 2.16.